The summed E-state index contributed by atoms with van der Waals surface area (Å²) in [4.78, 5) is 11.1. The number of rotatable bonds is 4. The molecule has 0 unspecified atom stereocenters. The van der Waals surface area contributed by atoms with E-state index in [9.17, 15) is 0 Å². The first kappa shape index (κ1) is 12.9. The second-order valence-corrected chi connectivity index (χ2v) is 5.91. The lowest BCUT2D eigenvalue weighted by Gasteiger charge is -2.31. The minimum absolute atomic E-state index is 0.768. The molecule has 4 nitrogen and oxygen atoms in total. The fraction of sp³-hybridized carbons (Fsp3) is 0.733. The highest BCUT2D eigenvalue weighted by Crippen LogP contribution is 2.27. The Bertz CT molecular complexity index is 375. The first-order chi connectivity index (χ1) is 9.42. The van der Waals surface area contributed by atoms with E-state index < -0.39 is 0 Å². The van der Waals surface area contributed by atoms with Gasteiger partial charge >= 0.3 is 0 Å². The second-order valence-electron chi connectivity index (χ2n) is 5.91. The molecule has 1 aromatic rings. The van der Waals surface area contributed by atoms with Gasteiger partial charge in [0.1, 0.15) is 5.82 Å². The molecule has 2 heterocycles. The summed E-state index contributed by atoms with van der Waals surface area (Å²) in [5.74, 6) is 1.67. The Balaban J connectivity index is 1.44. The molecule has 1 aromatic heterocycles. The molecule has 0 radical (unpaired) electrons. The third kappa shape index (κ3) is 3.44. The Morgan fingerprint density at radius 2 is 2.05 bits per heavy atom. The van der Waals surface area contributed by atoms with Gasteiger partial charge in [0.05, 0.1) is 6.20 Å². The fourth-order valence-electron chi connectivity index (χ4n) is 3.45. The van der Waals surface area contributed by atoms with Crippen molar-refractivity contribution < 1.29 is 0 Å². The zero-order valence-electron chi connectivity index (χ0n) is 11.6. The van der Waals surface area contributed by atoms with E-state index >= 15 is 0 Å². The van der Waals surface area contributed by atoms with Crippen LogP contribution in [0.2, 0.25) is 0 Å². The standard InChI is InChI=1S/C15H24N4/c1-2-4-14(5-3-1)19-9-6-13(12-19)10-18-15-11-16-7-8-17-15/h7-8,11,13-14H,1-6,9-10,12H2,(H,17,18)/t13-/m1/s1. The maximum absolute atomic E-state index is 4.26. The quantitative estimate of drug-likeness (QED) is 0.903. The van der Waals surface area contributed by atoms with Crippen molar-refractivity contribution in [2.75, 3.05) is 25.0 Å². The van der Waals surface area contributed by atoms with Gasteiger partial charge in [0.25, 0.3) is 0 Å². The highest BCUT2D eigenvalue weighted by Gasteiger charge is 2.28. The van der Waals surface area contributed by atoms with E-state index in [1.807, 2.05) is 0 Å². The van der Waals surface area contributed by atoms with Gasteiger partial charge in [0, 0.05) is 31.5 Å². The molecule has 0 spiro atoms. The largest absolute Gasteiger partial charge is 0.368 e. The summed E-state index contributed by atoms with van der Waals surface area (Å²) in [6, 6.07) is 0.871. The van der Waals surface area contributed by atoms with Crippen molar-refractivity contribution in [3.63, 3.8) is 0 Å². The van der Waals surface area contributed by atoms with Crippen molar-refractivity contribution in [2.45, 2.75) is 44.6 Å². The van der Waals surface area contributed by atoms with E-state index in [0.717, 1.165) is 24.3 Å². The highest BCUT2D eigenvalue weighted by atomic mass is 15.2. The molecule has 2 aliphatic rings. The van der Waals surface area contributed by atoms with Crippen LogP contribution in [0, 0.1) is 5.92 Å². The Morgan fingerprint density at radius 1 is 1.16 bits per heavy atom. The number of nitrogens with one attached hydrogen (secondary N) is 1. The van der Waals surface area contributed by atoms with E-state index in [1.54, 1.807) is 18.6 Å². The zero-order chi connectivity index (χ0) is 12.9. The van der Waals surface area contributed by atoms with Gasteiger partial charge in [-0.1, -0.05) is 19.3 Å². The van der Waals surface area contributed by atoms with Crippen LogP contribution in [0.15, 0.2) is 18.6 Å². The summed E-state index contributed by atoms with van der Waals surface area (Å²) in [6.07, 6.45) is 13.7. The zero-order valence-corrected chi connectivity index (χ0v) is 11.6. The van der Waals surface area contributed by atoms with E-state index in [0.29, 0.717) is 0 Å². The van der Waals surface area contributed by atoms with Crippen molar-refractivity contribution in [1.29, 1.82) is 0 Å². The number of aromatic nitrogens is 2. The summed E-state index contributed by atoms with van der Waals surface area (Å²) in [7, 11) is 0. The van der Waals surface area contributed by atoms with Crippen molar-refractivity contribution >= 4 is 5.82 Å². The molecule has 19 heavy (non-hydrogen) atoms. The SMILES string of the molecule is c1cnc(NC[C@H]2CCN(C3CCCCC3)C2)cn1. The van der Waals surface area contributed by atoms with Crippen LogP contribution in [-0.4, -0.2) is 40.5 Å². The molecule has 4 heteroatoms. The van der Waals surface area contributed by atoms with Gasteiger partial charge in [0.2, 0.25) is 0 Å². The van der Waals surface area contributed by atoms with Gasteiger partial charge in [0.15, 0.2) is 0 Å². The van der Waals surface area contributed by atoms with Gasteiger partial charge in [-0.3, -0.25) is 4.98 Å². The molecule has 1 aliphatic heterocycles. The van der Waals surface area contributed by atoms with Gasteiger partial charge in [-0.15, -0.1) is 0 Å². The van der Waals surface area contributed by atoms with Gasteiger partial charge < -0.3 is 10.2 Å². The average molecular weight is 260 g/mol. The molecular formula is C15H24N4. The van der Waals surface area contributed by atoms with Gasteiger partial charge in [-0.05, 0) is 31.7 Å². The van der Waals surface area contributed by atoms with E-state index in [-0.39, 0.29) is 0 Å². The van der Waals surface area contributed by atoms with E-state index in [1.165, 1.54) is 51.6 Å². The molecule has 0 amide bonds. The first-order valence-corrected chi connectivity index (χ1v) is 7.66. The van der Waals surface area contributed by atoms with Crippen LogP contribution in [0.1, 0.15) is 38.5 Å². The third-order valence-corrected chi connectivity index (χ3v) is 4.54. The summed E-state index contributed by atoms with van der Waals surface area (Å²) < 4.78 is 0. The average Bonchev–Trinajstić information content (AvgIpc) is 2.96. The molecule has 104 valence electrons. The maximum atomic E-state index is 4.26. The fourth-order valence-corrected chi connectivity index (χ4v) is 3.45. The predicted molar refractivity (Wildman–Crippen MR) is 77.1 cm³/mol. The Kier molecular flexibility index (Phi) is 4.28. The number of hydrogen-bond donors (Lipinski definition) is 1. The lowest BCUT2D eigenvalue weighted by atomic mass is 9.94. The molecule has 1 N–H and O–H groups in total. The van der Waals surface area contributed by atoms with Gasteiger partial charge in [-0.2, -0.15) is 0 Å². The molecule has 0 aromatic carbocycles. The number of nitrogens with zero attached hydrogens (tertiary/aromatic N) is 3. The molecule has 0 bridgehead atoms. The Labute approximate surface area is 115 Å². The molecule has 1 saturated heterocycles. The van der Waals surface area contributed by atoms with Crippen LogP contribution in [0.3, 0.4) is 0 Å². The van der Waals surface area contributed by atoms with Crippen molar-refractivity contribution in [3.05, 3.63) is 18.6 Å². The number of likely N-dealkylation sites (tertiary alicyclic amines) is 1. The summed E-state index contributed by atoms with van der Waals surface area (Å²) in [5, 5.41) is 3.41. The van der Waals surface area contributed by atoms with E-state index in [2.05, 4.69) is 20.2 Å². The van der Waals surface area contributed by atoms with E-state index in [4.69, 9.17) is 0 Å². The Hall–Kier alpha value is -1.16. The lowest BCUT2D eigenvalue weighted by molar-refractivity contribution is 0.186. The van der Waals surface area contributed by atoms with Crippen LogP contribution >= 0.6 is 0 Å². The van der Waals surface area contributed by atoms with Crippen LogP contribution < -0.4 is 5.32 Å². The first-order valence-electron chi connectivity index (χ1n) is 7.66. The lowest BCUT2D eigenvalue weighted by Crippen LogP contribution is -2.35. The van der Waals surface area contributed by atoms with Crippen LogP contribution in [0.4, 0.5) is 5.82 Å². The third-order valence-electron chi connectivity index (χ3n) is 4.54. The predicted octanol–water partition coefficient (Wildman–Crippen LogP) is 2.54. The Morgan fingerprint density at radius 3 is 2.84 bits per heavy atom. The minimum atomic E-state index is 0.768. The summed E-state index contributed by atoms with van der Waals surface area (Å²) >= 11 is 0. The molecule has 1 aliphatic carbocycles. The van der Waals surface area contributed by atoms with Crippen molar-refractivity contribution in [1.82, 2.24) is 14.9 Å². The van der Waals surface area contributed by atoms with Crippen LogP contribution in [-0.2, 0) is 0 Å². The smallest absolute Gasteiger partial charge is 0.144 e. The van der Waals surface area contributed by atoms with Crippen LogP contribution in [0.25, 0.3) is 0 Å². The second kappa shape index (κ2) is 6.33. The normalized spacial score (nSPS) is 25.6. The maximum Gasteiger partial charge on any atom is 0.144 e. The minimum Gasteiger partial charge on any atom is -0.368 e. The molecule has 3 rings (SSSR count). The molecular weight excluding hydrogens is 236 g/mol. The summed E-state index contributed by atoms with van der Waals surface area (Å²) in [5.41, 5.74) is 0. The molecule has 2 fully saturated rings. The highest BCUT2D eigenvalue weighted by molar-refractivity contribution is 5.29. The number of anilines is 1. The van der Waals surface area contributed by atoms with Crippen LogP contribution in [0.5, 0.6) is 0 Å². The van der Waals surface area contributed by atoms with Crippen molar-refractivity contribution in [3.8, 4) is 0 Å². The van der Waals surface area contributed by atoms with Gasteiger partial charge in [-0.25, -0.2) is 4.98 Å². The van der Waals surface area contributed by atoms with Crippen molar-refractivity contribution in [2.24, 2.45) is 5.92 Å². The number of hydrogen-bond acceptors (Lipinski definition) is 4. The molecule has 1 saturated carbocycles. The summed E-state index contributed by atoms with van der Waals surface area (Å²) in [6.45, 7) is 3.58. The monoisotopic (exact) mass is 260 g/mol. The molecule has 1 atom stereocenters. The topological polar surface area (TPSA) is 41.1 Å².